The highest BCUT2D eigenvalue weighted by Crippen LogP contribution is 2.33. The Morgan fingerprint density at radius 2 is 2.03 bits per heavy atom. The van der Waals surface area contributed by atoms with Gasteiger partial charge in [-0.25, -0.2) is 4.98 Å². The molecule has 0 aliphatic heterocycles. The van der Waals surface area contributed by atoms with Gasteiger partial charge in [-0.1, -0.05) is 44.4 Å². The number of amides is 1. The van der Waals surface area contributed by atoms with Crippen LogP contribution in [-0.4, -0.2) is 20.7 Å². The molecule has 0 radical (unpaired) electrons. The number of pyridine rings is 1. The van der Waals surface area contributed by atoms with Crippen LogP contribution in [0.3, 0.4) is 0 Å². The van der Waals surface area contributed by atoms with Gasteiger partial charge in [0.15, 0.2) is 11.6 Å². The van der Waals surface area contributed by atoms with Crippen molar-refractivity contribution in [2.75, 3.05) is 5.32 Å². The molecule has 3 aromatic rings. The maximum Gasteiger partial charge on any atom is 0.228 e. The van der Waals surface area contributed by atoms with E-state index in [9.17, 15) is 10.1 Å². The first-order chi connectivity index (χ1) is 15.1. The van der Waals surface area contributed by atoms with Crippen LogP contribution in [0.25, 0.3) is 16.7 Å². The van der Waals surface area contributed by atoms with Crippen molar-refractivity contribution < 1.29 is 4.79 Å². The largest absolute Gasteiger partial charge is 0.309 e. The first kappa shape index (κ1) is 21.0. The molecule has 0 spiro atoms. The van der Waals surface area contributed by atoms with E-state index >= 15 is 0 Å². The second-order valence-electron chi connectivity index (χ2n) is 8.59. The van der Waals surface area contributed by atoms with Gasteiger partial charge in [-0.2, -0.15) is 15.0 Å². The third kappa shape index (κ3) is 4.46. The SMILES string of the molecule is CCCCC1CCC(C(=O)Nc2c(C#N)cnn2-c2cc(C)c3ccccc3n2)CC1. The van der Waals surface area contributed by atoms with Crippen molar-refractivity contribution in [2.45, 2.75) is 58.8 Å². The van der Waals surface area contributed by atoms with Crippen LogP contribution in [0.5, 0.6) is 0 Å². The number of carbonyl (C=O) groups excluding carboxylic acids is 1. The summed E-state index contributed by atoms with van der Waals surface area (Å²) < 4.78 is 1.57. The highest BCUT2D eigenvalue weighted by atomic mass is 16.2. The fraction of sp³-hybridized carbons (Fsp3) is 0.440. The summed E-state index contributed by atoms with van der Waals surface area (Å²) in [5.74, 6) is 1.71. The van der Waals surface area contributed by atoms with Gasteiger partial charge in [0.25, 0.3) is 0 Å². The van der Waals surface area contributed by atoms with Crippen LogP contribution in [0.4, 0.5) is 5.82 Å². The quantitative estimate of drug-likeness (QED) is 0.573. The lowest BCUT2D eigenvalue weighted by molar-refractivity contribution is -0.121. The number of fused-ring (bicyclic) bond motifs is 1. The average molecular weight is 416 g/mol. The van der Waals surface area contributed by atoms with Crippen LogP contribution >= 0.6 is 0 Å². The summed E-state index contributed by atoms with van der Waals surface area (Å²) in [7, 11) is 0. The number of nitrogens with zero attached hydrogens (tertiary/aromatic N) is 4. The number of nitrogens with one attached hydrogen (secondary N) is 1. The Labute approximate surface area is 183 Å². The minimum atomic E-state index is -0.0234. The van der Waals surface area contributed by atoms with Crippen LogP contribution in [0.1, 0.15) is 63.0 Å². The molecule has 1 aromatic carbocycles. The summed E-state index contributed by atoms with van der Waals surface area (Å²) in [6, 6.07) is 12.0. The van der Waals surface area contributed by atoms with E-state index in [2.05, 4.69) is 23.4 Å². The summed E-state index contributed by atoms with van der Waals surface area (Å²) in [4.78, 5) is 17.7. The highest BCUT2D eigenvalue weighted by Gasteiger charge is 2.27. The lowest BCUT2D eigenvalue weighted by Gasteiger charge is -2.27. The molecular formula is C25H29N5O. The molecule has 0 unspecified atom stereocenters. The number of aromatic nitrogens is 3. The Morgan fingerprint density at radius 3 is 2.77 bits per heavy atom. The lowest BCUT2D eigenvalue weighted by atomic mass is 9.79. The molecule has 160 valence electrons. The van der Waals surface area contributed by atoms with E-state index in [0.29, 0.717) is 17.2 Å². The zero-order chi connectivity index (χ0) is 21.8. The molecule has 1 aliphatic rings. The van der Waals surface area contributed by atoms with Crippen molar-refractivity contribution in [3.8, 4) is 11.9 Å². The molecular weight excluding hydrogens is 386 g/mol. The number of nitriles is 1. The summed E-state index contributed by atoms with van der Waals surface area (Å²) in [5.41, 5.74) is 2.27. The molecule has 6 nitrogen and oxygen atoms in total. The second-order valence-corrected chi connectivity index (χ2v) is 8.59. The number of anilines is 1. The number of benzene rings is 1. The fourth-order valence-electron chi connectivity index (χ4n) is 4.59. The van der Waals surface area contributed by atoms with Crippen molar-refractivity contribution >= 4 is 22.6 Å². The lowest BCUT2D eigenvalue weighted by Crippen LogP contribution is -2.28. The molecule has 1 saturated carbocycles. The van der Waals surface area contributed by atoms with Gasteiger partial charge in [-0.3, -0.25) is 4.79 Å². The van der Waals surface area contributed by atoms with E-state index in [-0.39, 0.29) is 11.8 Å². The zero-order valence-corrected chi connectivity index (χ0v) is 18.3. The molecule has 1 fully saturated rings. The number of aryl methyl sites for hydroxylation is 1. The molecule has 6 heteroatoms. The molecule has 4 rings (SSSR count). The van der Waals surface area contributed by atoms with Crippen molar-refractivity contribution in [2.24, 2.45) is 11.8 Å². The van der Waals surface area contributed by atoms with Gasteiger partial charge in [0, 0.05) is 11.3 Å². The number of hydrogen-bond acceptors (Lipinski definition) is 4. The minimum absolute atomic E-state index is 0.0148. The Morgan fingerprint density at radius 1 is 1.26 bits per heavy atom. The smallest absolute Gasteiger partial charge is 0.228 e. The van der Waals surface area contributed by atoms with Crippen LogP contribution < -0.4 is 5.32 Å². The van der Waals surface area contributed by atoms with Gasteiger partial charge in [-0.05, 0) is 56.2 Å². The van der Waals surface area contributed by atoms with Crippen molar-refractivity contribution in [1.82, 2.24) is 14.8 Å². The third-order valence-electron chi connectivity index (χ3n) is 6.44. The molecule has 0 atom stereocenters. The predicted octanol–water partition coefficient (Wildman–Crippen LogP) is 5.54. The Hall–Kier alpha value is -3.20. The number of hydrogen-bond donors (Lipinski definition) is 1. The van der Waals surface area contributed by atoms with E-state index in [4.69, 9.17) is 4.98 Å². The number of para-hydroxylation sites is 1. The molecule has 0 bridgehead atoms. The number of carbonyl (C=O) groups is 1. The van der Waals surface area contributed by atoms with E-state index < -0.39 is 0 Å². The second kappa shape index (κ2) is 9.30. The summed E-state index contributed by atoms with van der Waals surface area (Å²) in [5, 5.41) is 18.0. The maximum atomic E-state index is 13.0. The Kier molecular flexibility index (Phi) is 6.31. The number of rotatable bonds is 6. The van der Waals surface area contributed by atoms with Gasteiger partial charge < -0.3 is 5.32 Å². The fourth-order valence-corrected chi connectivity index (χ4v) is 4.59. The van der Waals surface area contributed by atoms with Crippen LogP contribution in [-0.2, 0) is 4.79 Å². The molecule has 31 heavy (non-hydrogen) atoms. The molecule has 1 amide bonds. The van der Waals surface area contributed by atoms with E-state index in [1.165, 1.54) is 25.5 Å². The predicted molar refractivity (Wildman–Crippen MR) is 122 cm³/mol. The normalized spacial score (nSPS) is 18.6. The first-order valence-corrected chi connectivity index (χ1v) is 11.3. The third-order valence-corrected chi connectivity index (χ3v) is 6.44. The Balaban J connectivity index is 1.56. The van der Waals surface area contributed by atoms with E-state index in [1.54, 1.807) is 4.68 Å². The van der Waals surface area contributed by atoms with Gasteiger partial charge in [0.2, 0.25) is 5.91 Å². The topological polar surface area (TPSA) is 83.6 Å². The van der Waals surface area contributed by atoms with Crippen LogP contribution in [0.2, 0.25) is 0 Å². The molecule has 2 aromatic heterocycles. The minimum Gasteiger partial charge on any atom is -0.309 e. The Bertz CT molecular complexity index is 1120. The monoisotopic (exact) mass is 415 g/mol. The van der Waals surface area contributed by atoms with Crippen LogP contribution in [0.15, 0.2) is 36.5 Å². The molecule has 1 N–H and O–H groups in total. The molecule has 1 aliphatic carbocycles. The van der Waals surface area contributed by atoms with Gasteiger partial charge in [-0.15, -0.1) is 0 Å². The van der Waals surface area contributed by atoms with E-state index in [0.717, 1.165) is 48.1 Å². The molecule has 0 saturated heterocycles. The van der Waals surface area contributed by atoms with Gasteiger partial charge in [0.1, 0.15) is 11.6 Å². The van der Waals surface area contributed by atoms with Crippen molar-refractivity contribution in [3.63, 3.8) is 0 Å². The number of unbranched alkanes of at least 4 members (excludes halogenated alkanes) is 1. The average Bonchev–Trinajstić information content (AvgIpc) is 3.20. The standard InChI is InChI=1S/C25H29N5O/c1-3-4-7-18-10-12-19(13-11-18)25(31)29-24-20(15-26)16-27-30(24)23-14-17(2)21-8-5-6-9-22(21)28-23/h5-6,8-9,14,16,18-19H,3-4,7,10-13H2,1-2H3,(H,29,31). The van der Waals surface area contributed by atoms with Gasteiger partial charge in [0.05, 0.1) is 11.7 Å². The van der Waals surface area contributed by atoms with Crippen LogP contribution in [0, 0.1) is 30.1 Å². The maximum absolute atomic E-state index is 13.0. The zero-order valence-electron chi connectivity index (χ0n) is 18.3. The summed E-state index contributed by atoms with van der Waals surface area (Å²) in [6.45, 7) is 4.25. The summed E-state index contributed by atoms with van der Waals surface area (Å²) >= 11 is 0. The molecule has 2 heterocycles. The first-order valence-electron chi connectivity index (χ1n) is 11.3. The van der Waals surface area contributed by atoms with Crippen molar-refractivity contribution in [3.05, 3.63) is 47.7 Å². The highest BCUT2D eigenvalue weighted by molar-refractivity contribution is 5.93. The summed E-state index contributed by atoms with van der Waals surface area (Å²) in [6.07, 6.45) is 9.27. The van der Waals surface area contributed by atoms with Gasteiger partial charge >= 0.3 is 0 Å². The van der Waals surface area contributed by atoms with Crippen molar-refractivity contribution in [1.29, 1.82) is 5.26 Å². The van der Waals surface area contributed by atoms with E-state index in [1.807, 2.05) is 37.3 Å².